The minimum Gasteiger partial charge on any atom is -0.300 e. The number of thiophene rings is 1. The van der Waals surface area contributed by atoms with Crippen LogP contribution in [0.15, 0.2) is 17.5 Å². The first-order chi connectivity index (χ1) is 9.31. The molecule has 0 N–H and O–H groups in total. The van der Waals surface area contributed by atoms with E-state index < -0.39 is 0 Å². The van der Waals surface area contributed by atoms with E-state index in [4.69, 9.17) is 0 Å². The smallest absolute Gasteiger partial charge is 0.172 e. The molecule has 19 heavy (non-hydrogen) atoms. The van der Waals surface area contributed by atoms with Crippen LogP contribution in [0.2, 0.25) is 0 Å². The van der Waals surface area contributed by atoms with Crippen molar-refractivity contribution in [1.82, 2.24) is 4.90 Å². The van der Waals surface area contributed by atoms with Crippen LogP contribution in [0, 0.1) is 0 Å². The van der Waals surface area contributed by atoms with E-state index in [1.165, 1.54) is 38.6 Å². The third-order valence-electron chi connectivity index (χ3n) is 4.02. The predicted molar refractivity (Wildman–Crippen MR) is 82.0 cm³/mol. The molecule has 1 saturated heterocycles. The van der Waals surface area contributed by atoms with Gasteiger partial charge in [-0.25, -0.2) is 0 Å². The molecular formula is C16H25NOS. The topological polar surface area (TPSA) is 20.3 Å². The first-order valence-corrected chi connectivity index (χ1v) is 8.50. The summed E-state index contributed by atoms with van der Waals surface area (Å²) in [5.74, 6) is 0.319. The molecular weight excluding hydrogens is 254 g/mol. The lowest BCUT2D eigenvalue weighted by Crippen LogP contribution is -2.40. The lowest BCUT2D eigenvalue weighted by Gasteiger charge is -2.35. The van der Waals surface area contributed by atoms with E-state index in [1.54, 1.807) is 11.3 Å². The zero-order valence-corrected chi connectivity index (χ0v) is 12.8. The number of nitrogens with zero attached hydrogens (tertiary/aromatic N) is 1. The van der Waals surface area contributed by atoms with E-state index in [9.17, 15) is 4.79 Å². The summed E-state index contributed by atoms with van der Waals surface area (Å²) in [6.45, 7) is 4.60. The quantitative estimate of drug-likeness (QED) is 0.691. The van der Waals surface area contributed by atoms with Gasteiger partial charge in [-0.05, 0) is 50.2 Å². The van der Waals surface area contributed by atoms with E-state index in [1.807, 2.05) is 17.5 Å². The Morgan fingerprint density at radius 3 is 3.11 bits per heavy atom. The van der Waals surface area contributed by atoms with Crippen LogP contribution in [0.25, 0.3) is 0 Å². The first kappa shape index (κ1) is 14.7. The Labute approximate surface area is 120 Å². The zero-order valence-electron chi connectivity index (χ0n) is 11.9. The van der Waals surface area contributed by atoms with Crippen LogP contribution in [0.1, 0.15) is 61.5 Å². The van der Waals surface area contributed by atoms with Crippen LogP contribution in [0.5, 0.6) is 0 Å². The van der Waals surface area contributed by atoms with Crippen molar-refractivity contribution in [3.63, 3.8) is 0 Å². The number of hydrogen-bond acceptors (Lipinski definition) is 3. The van der Waals surface area contributed by atoms with Gasteiger partial charge in [0.2, 0.25) is 0 Å². The average Bonchev–Trinajstić information content (AvgIpc) is 2.95. The second-order valence-corrected chi connectivity index (χ2v) is 6.43. The standard InChI is InChI=1S/C16H25NOS/c1-2-7-14-8-3-4-11-17(14)12-5-9-15(18)16-10-6-13-19-16/h6,10,13-14H,2-5,7-9,11-12H2,1H3. The third-order valence-corrected chi connectivity index (χ3v) is 4.93. The van der Waals surface area contributed by atoms with Gasteiger partial charge in [0.15, 0.2) is 5.78 Å². The highest BCUT2D eigenvalue weighted by Crippen LogP contribution is 2.21. The van der Waals surface area contributed by atoms with E-state index in [0.717, 1.165) is 23.9 Å². The summed E-state index contributed by atoms with van der Waals surface area (Å²) in [5.41, 5.74) is 0. The molecule has 1 aliphatic heterocycles. The Morgan fingerprint density at radius 1 is 1.47 bits per heavy atom. The highest BCUT2D eigenvalue weighted by atomic mass is 32.1. The van der Waals surface area contributed by atoms with E-state index in [-0.39, 0.29) is 0 Å². The summed E-state index contributed by atoms with van der Waals surface area (Å²) < 4.78 is 0. The number of Topliss-reactive ketones (excluding diaryl/α,β-unsaturated/α-hetero) is 1. The Kier molecular flexibility index (Phi) is 6.05. The monoisotopic (exact) mass is 279 g/mol. The van der Waals surface area contributed by atoms with Gasteiger partial charge in [0.25, 0.3) is 0 Å². The van der Waals surface area contributed by atoms with Crippen molar-refractivity contribution in [2.45, 2.75) is 57.9 Å². The Balaban J connectivity index is 1.73. The molecule has 2 rings (SSSR count). The van der Waals surface area contributed by atoms with Gasteiger partial charge in [0.1, 0.15) is 0 Å². The average molecular weight is 279 g/mol. The molecule has 0 spiro atoms. The van der Waals surface area contributed by atoms with Crippen molar-refractivity contribution in [1.29, 1.82) is 0 Å². The maximum atomic E-state index is 11.9. The summed E-state index contributed by atoms with van der Waals surface area (Å²) in [5, 5.41) is 1.98. The molecule has 2 nitrogen and oxygen atoms in total. The fraction of sp³-hybridized carbons (Fsp3) is 0.688. The highest BCUT2D eigenvalue weighted by Gasteiger charge is 2.21. The lowest BCUT2D eigenvalue weighted by molar-refractivity contribution is 0.0961. The molecule has 0 aromatic carbocycles. The van der Waals surface area contributed by atoms with Crippen LogP contribution in [-0.2, 0) is 0 Å². The molecule has 1 aromatic heterocycles. The molecule has 0 aliphatic carbocycles. The number of piperidine rings is 1. The molecule has 1 unspecified atom stereocenters. The largest absolute Gasteiger partial charge is 0.300 e. The van der Waals surface area contributed by atoms with Crippen LogP contribution < -0.4 is 0 Å². The summed E-state index contributed by atoms with van der Waals surface area (Å²) in [4.78, 5) is 15.5. The van der Waals surface area contributed by atoms with Gasteiger partial charge < -0.3 is 4.90 Å². The molecule has 1 aliphatic rings. The molecule has 1 aromatic rings. The molecule has 0 radical (unpaired) electrons. The van der Waals surface area contributed by atoms with Gasteiger partial charge in [0.05, 0.1) is 4.88 Å². The summed E-state index contributed by atoms with van der Waals surface area (Å²) in [7, 11) is 0. The second kappa shape index (κ2) is 7.81. The normalized spacial score (nSPS) is 20.6. The number of likely N-dealkylation sites (tertiary alicyclic amines) is 1. The van der Waals surface area contributed by atoms with Gasteiger partial charge in [0, 0.05) is 12.5 Å². The maximum Gasteiger partial charge on any atom is 0.172 e. The molecule has 0 amide bonds. The number of ketones is 1. The fourth-order valence-electron chi connectivity index (χ4n) is 3.02. The highest BCUT2D eigenvalue weighted by molar-refractivity contribution is 7.12. The van der Waals surface area contributed by atoms with E-state index >= 15 is 0 Å². The Morgan fingerprint density at radius 2 is 2.37 bits per heavy atom. The molecule has 106 valence electrons. The van der Waals surface area contributed by atoms with Gasteiger partial charge >= 0.3 is 0 Å². The number of hydrogen-bond donors (Lipinski definition) is 0. The van der Waals surface area contributed by atoms with Crippen molar-refractivity contribution >= 4 is 17.1 Å². The van der Waals surface area contributed by atoms with Gasteiger partial charge in [-0.2, -0.15) is 0 Å². The Bertz CT molecular complexity index is 372. The molecule has 3 heteroatoms. The molecule has 0 saturated carbocycles. The minimum absolute atomic E-state index is 0.319. The first-order valence-electron chi connectivity index (χ1n) is 7.62. The van der Waals surface area contributed by atoms with Crippen molar-refractivity contribution in [3.8, 4) is 0 Å². The second-order valence-electron chi connectivity index (χ2n) is 5.48. The van der Waals surface area contributed by atoms with Crippen LogP contribution in [0.4, 0.5) is 0 Å². The van der Waals surface area contributed by atoms with Crippen molar-refractivity contribution in [2.24, 2.45) is 0 Å². The SMILES string of the molecule is CCCC1CCCCN1CCCC(=O)c1cccs1. The van der Waals surface area contributed by atoms with Gasteiger partial charge in [-0.3, -0.25) is 4.79 Å². The number of carbonyl (C=O) groups excluding carboxylic acids is 1. The molecule has 0 bridgehead atoms. The van der Waals surface area contributed by atoms with Gasteiger partial charge in [-0.1, -0.05) is 25.8 Å². The van der Waals surface area contributed by atoms with Crippen molar-refractivity contribution in [3.05, 3.63) is 22.4 Å². The van der Waals surface area contributed by atoms with Crippen LogP contribution in [-0.4, -0.2) is 29.8 Å². The Hall–Kier alpha value is -0.670. The van der Waals surface area contributed by atoms with Crippen LogP contribution in [0.3, 0.4) is 0 Å². The number of carbonyl (C=O) groups is 1. The molecule has 1 atom stereocenters. The lowest BCUT2D eigenvalue weighted by atomic mass is 9.98. The third kappa shape index (κ3) is 4.43. The van der Waals surface area contributed by atoms with E-state index in [2.05, 4.69) is 11.8 Å². The van der Waals surface area contributed by atoms with E-state index in [0.29, 0.717) is 12.2 Å². The predicted octanol–water partition coefficient (Wildman–Crippen LogP) is 4.37. The number of rotatable bonds is 7. The fourth-order valence-corrected chi connectivity index (χ4v) is 3.71. The van der Waals surface area contributed by atoms with Crippen molar-refractivity contribution < 1.29 is 4.79 Å². The van der Waals surface area contributed by atoms with Gasteiger partial charge in [-0.15, -0.1) is 11.3 Å². The maximum absolute atomic E-state index is 11.9. The van der Waals surface area contributed by atoms with Crippen LogP contribution >= 0.6 is 11.3 Å². The van der Waals surface area contributed by atoms with Crippen molar-refractivity contribution in [2.75, 3.05) is 13.1 Å². The zero-order chi connectivity index (χ0) is 13.5. The minimum atomic E-state index is 0.319. The summed E-state index contributed by atoms with van der Waals surface area (Å²) in [6, 6.07) is 4.67. The summed E-state index contributed by atoms with van der Waals surface area (Å²) in [6.07, 6.45) is 8.38. The molecule has 2 heterocycles. The summed E-state index contributed by atoms with van der Waals surface area (Å²) >= 11 is 1.56. The molecule has 1 fully saturated rings.